The molecule has 0 unspecified atom stereocenters. The molecule has 0 bridgehead atoms. The number of carbonyl (C=O) groups excluding carboxylic acids is 4. The third-order valence-electron chi connectivity index (χ3n) is 3.40. The van der Waals surface area contributed by atoms with Gasteiger partial charge in [0, 0.05) is 18.7 Å². The van der Waals surface area contributed by atoms with E-state index in [1.54, 1.807) is 6.07 Å². The van der Waals surface area contributed by atoms with Gasteiger partial charge in [0.05, 0.1) is 23.5 Å². The molecule has 0 radical (unpaired) electrons. The zero-order valence-electron chi connectivity index (χ0n) is 14.4. The lowest BCUT2D eigenvalue weighted by Crippen LogP contribution is -2.37. The molecule has 2 rings (SSSR count). The summed E-state index contributed by atoms with van der Waals surface area (Å²) >= 11 is 1.83. The van der Waals surface area contributed by atoms with E-state index in [9.17, 15) is 23.6 Å². The van der Waals surface area contributed by atoms with Crippen molar-refractivity contribution in [1.82, 2.24) is 10.2 Å². The van der Waals surface area contributed by atoms with Crippen LogP contribution in [0.2, 0.25) is 0 Å². The first-order chi connectivity index (χ1) is 12.9. The van der Waals surface area contributed by atoms with E-state index >= 15 is 0 Å². The van der Waals surface area contributed by atoms with Crippen LogP contribution >= 0.6 is 23.5 Å². The molecule has 27 heavy (non-hydrogen) atoms. The second kappa shape index (κ2) is 10.1. The molecule has 1 saturated heterocycles. The van der Waals surface area contributed by atoms with Gasteiger partial charge in [-0.15, -0.1) is 11.8 Å². The van der Waals surface area contributed by atoms with Crippen molar-refractivity contribution in [3.8, 4) is 0 Å². The number of thioether (sulfide) groups is 2. The molecule has 0 spiro atoms. The monoisotopic (exact) mass is 412 g/mol. The van der Waals surface area contributed by atoms with Crippen molar-refractivity contribution < 1.29 is 28.3 Å². The molecule has 1 fully saturated rings. The van der Waals surface area contributed by atoms with Gasteiger partial charge in [0.1, 0.15) is 5.82 Å². The second-order valence-electron chi connectivity index (χ2n) is 5.27. The standard InChI is InChI=1S/C17H17FN2O5S2/c1-25-15(22)10-26-9-14(21)19-6-7-20-16(23)13(27-17(20)24)8-11-4-2-3-5-12(11)18/h2-5,8H,6-7,9-10H2,1H3,(H,19,21)/b13-8-. The average Bonchev–Trinajstić information content (AvgIpc) is 2.90. The summed E-state index contributed by atoms with van der Waals surface area (Å²) in [5.74, 6) is -1.63. The number of hydrogen-bond donors (Lipinski definition) is 1. The van der Waals surface area contributed by atoms with Crippen LogP contribution in [0.15, 0.2) is 29.2 Å². The van der Waals surface area contributed by atoms with Gasteiger partial charge in [0.2, 0.25) is 5.91 Å². The van der Waals surface area contributed by atoms with Gasteiger partial charge < -0.3 is 10.1 Å². The maximum Gasteiger partial charge on any atom is 0.315 e. The second-order valence-corrected chi connectivity index (χ2v) is 7.25. The van der Waals surface area contributed by atoms with Crippen LogP contribution in [-0.4, -0.2) is 59.6 Å². The lowest BCUT2D eigenvalue weighted by molar-refractivity contribution is -0.137. The number of imide groups is 1. The molecule has 7 nitrogen and oxygen atoms in total. The number of halogens is 1. The Morgan fingerprint density at radius 3 is 2.74 bits per heavy atom. The minimum absolute atomic E-state index is 0.00663. The normalized spacial score (nSPS) is 15.3. The van der Waals surface area contributed by atoms with Gasteiger partial charge in [-0.1, -0.05) is 18.2 Å². The predicted octanol–water partition coefficient (Wildman–Crippen LogP) is 1.88. The lowest BCUT2D eigenvalue weighted by Gasteiger charge is -2.12. The van der Waals surface area contributed by atoms with E-state index in [0.29, 0.717) is 0 Å². The number of esters is 1. The maximum atomic E-state index is 13.7. The van der Waals surface area contributed by atoms with Crippen LogP contribution in [0.3, 0.4) is 0 Å². The quantitative estimate of drug-likeness (QED) is 0.515. The van der Waals surface area contributed by atoms with Crippen molar-refractivity contribution in [2.24, 2.45) is 0 Å². The van der Waals surface area contributed by atoms with E-state index in [1.165, 1.54) is 31.4 Å². The van der Waals surface area contributed by atoms with E-state index < -0.39 is 22.9 Å². The smallest absolute Gasteiger partial charge is 0.315 e. The number of nitrogens with one attached hydrogen (secondary N) is 1. The van der Waals surface area contributed by atoms with E-state index in [4.69, 9.17) is 0 Å². The highest BCUT2D eigenvalue weighted by atomic mass is 32.2. The number of methoxy groups -OCH3 is 1. The number of hydrogen-bond acceptors (Lipinski definition) is 7. The highest BCUT2D eigenvalue weighted by molar-refractivity contribution is 8.18. The number of ether oxygens (including phenoxy) is 1. The van der Waals surface area contributed by atoms with Crippen molar-refractivity contribution in [3.63, 3.8) is 0 Å². The molecule has 1 aliphatic heterocycles. The fourth-order valence-electron chi connectivity index (χ4n) is 2.07. The molecule has 0 aromatic heterocycles. The first kappa shape index (κ1) is 21.0. The van der Waals surface area contributed by atoms with Crippen LogP contribution in [0.1, 0.15) is 5.56 Å². The summed E-state index contributed by atoms with van der Waals surface area (Å²) in [5, 5.41) is 2.09. The lowest BCUT2D eigenvalue weighted by atomic mass is 10.2. The summed E-state index contributed by atoms with van der Waals surface area (Å²) in [6.07, 6.45) is 1.34. The third kappa shape index (κ3) is 6.10. The molecule has 1 aliphatic rings. The van der Waals surface area contributed by atoms with Gasteiger partial charge in [0.15, 0.2) is 0 Å². The van der Waals surface area contributed by atoms with Crippen molar-refractivity contribution in [2.75, 3.05) is 31.7 Å². The number of benzene rings is 1. The molecule has 0 aliphatic carbocycles. The Hall–Kier alpha value is -2.33. The molecular weight excluding hydrogens is 395 g/mol. The Labute approximate surface area is 163 Å². The fraction of sp³-hybridized carbons (Fsp3) is 0.294. The third-order valence-corrected chi connectivity index (χ3v) is 5.22. The van der Waals surface area contributed by atoms with Crippen LogP contribution in [0.25, 0.3) is 6.08 Å². The van der Waals surface area contributed by atoms with E-state index in [1.807, 2.05) is 0 Å². The first-order valence-electron chi connectivity index (χ1n) is 7.83. The molecule has 0 saturated carbocycles. The highest BCUT2D eigenvalue weighted by Gasteiger charge is 2.34. The van der Waals surface area contributed by atoms with Gasteiger partial charge >= 0.3 is 5.97 Å². The maximum absolute atomic E-state index is 13.7. The SMILES string of the molecule is COC(=O)CSCC(=O)NCCN1C(=O)S/C(=C\c2ccccc2F)C1=O. The largest absolute Gasteiger partial charge is 0.468 e. The Morgan fingerprint density at radius 2 is 2.04 bits per heavy atom. The van der Waals surface area contributed by atoms with Gasteiger partial charge in [-0.3, -0.25) is 24.1 Å². The van der Waals surface area contributed by atoms with Crippen molar-refractivity contribution in [1.29, 1.82) is 0 Å². The van der Waals surface area contributed by atoms with Crippen LogP contribution in [0.4, 0.5) is 9.18 Å². The van der Waals surface area contributed by atoms with E-state index in [-0.39, 0.29) is 41.0 Å². The Kier molecular flexibility index (Phi) is 7.86. The fourth-order valence-corrected chi connectivity index (χ4v) is 3.60. The van der Waals surface area contributed by atoms with Gasteiger partial charge in [0.25, 0.3) is 11.1 Å². The summed E-state index contributed by atoms with van der Waals surface area (Å²) < 4.78 is 18.1. The van der Waals surface area contributed by atoms with Crippen molar-refractivity contribution >= 4 is 52.6 Å². The number of nitrogens with zero attached hydrogens (tertiary/aromatic N) is 1. The Balaban J connectivity index is 1.83. The van der Waals surface area contributed by atoms with E-state index in [2.05, 4.69) is 10.1 Å². The molecule has 1 N–H and O–H groups in total. The Morgan fingerprint density at radius 1 is 1.30 bits per heavy atom. The molecule has 1 aromatic rings. The van der Waals surface area contributed by atoms with Gasteiger partial charge in [-0.25, -0.2) is 4.39 Å². The highest BCUT2D eigenvalue weighted by Crippen LogP contribution is 2.32. The zero-order chi connectivity index (χ0) is 19.8. The summed E-state index contributed by atoms with van der Waals surface area (Å²) in [7, 11) is 1.26. The molecule has 3 amide bonds. The van der Waals surface area contributed by atoms with E-state index in [0.717, 1.165) is 28.4 Å². The van der Waals surface area contributed by atoms with Gasteiger partial charge in [-0.05, 0) is 23.9 Å². The van der Waals surface area contributed by atoms with Crippen molar-refractivity contribution in [3.05, 3.63) is 40.6 Å². The summed E-state index contributed by atoms with van der Waals surface area (Å²) in [6.45, 7) is 0.0926. The Bertz CT molecular complexity index is 784. The zero-order valence-corrected chi connectivity index (χ0v) is 16.0. The molecule has 10 heteroatoms. The first-order valence-corrected chi connectivity index (χ1v) is 9.80. The molecular formula is C17H17FN2O5S2. The summed E-state index contributed by atoms with van der Waals surface area (Å²) in [4.78, 5) is 48.0. The summed E-state index contributed by atoms with van der Waals surface area (Å²) in [5.41, 5.74) is 0.221. The number of rotatable bonds is 8. The van der Waals surface area contributed by atoms with Crippen LogP contribution in [0.5, 0.6) is 0 Å². The molecule has 144 valence electrons. The van der Waals surface area contributed by atoms with Crippen molar-refractivity contribution in [2.45, 2.75) is 0 Å². The number of carbonyl (C=O) groups is 4. The molecule has 1 aromatic carbocycles. The minimum Gasteiger partial charge on any atom is -0.468 e. The minimum atomic E-state index is -0.525. The number of amides is 3. The molecule has 0 atom stereocenters. The molecule has 1 heterocycles. The summed E-state index contributed by atoms with van der Waals surface area (Å²) in [6, 6.07) is 5.94. The predicted molar refractivity (Wildman–Crippen MR) is 101 cm³/mol. The van der Waals surface area contributed by atoms with Crippen LogP contribution in [0, 0.1) is 5.82 Å². The van der Waals surface area contributed by atoms with Crippen LogP contribution in [-0.2, 0) is 19.1 Å². The topological polar surface area (TPSA) is 92.8 Å². The average molecular weight is 412 g/mol. The van der Waals surface area contributed by atoms with Crippen LogP contribution < -0.4 is 5.32 Å². The van der Waals surface area contributed by atoms with Gasteiger partial charge in [-0.2, -0.15) is 0 Å².